The number of hydrogen-bond donors (Lipinski definition) is 1. The second-order valence-electron chi connectivity index (χ2n) is 5.61. The fraction of sp³-hybridized carbons (Fsp3) is 0.353. The largest absolute Gasteiger partial charge is 0.493 e. The van der Waals surface area contributed by atoms with E-state index in [2.05, 4.69) is 20.4 Å². The highest BCUT2D eigenvalue weighted by molar-refractivity contribution is 5.87. The number of ether oxygens (including phenoxy) is 2. The van der Waals surface area contributed by atoms with Crippen LogP contribution in [0.4, 0.5) is 11.6 Å². The summed E-state index contributed by atoms with van der Waals surface area (Å²) in [4.78, 5) is 13.2. The van der Waals surface area contributed by atoms with Crippen molar-refractivity contribution in [2.24, 2.45) is 0 Å². The topological polar surface area (TPSA) is 76.6 Å². The van der Waals surface area contributed by atoms with Crippen LogP contribution in [0.3, 0.4) is 0 Å². The van der Waals surface area contributed by atoms with Gasteiger partial charge in [-0.05, 0) is 41.8 Å². The number of aromatic nitrogens is 2. The maximum atomic E-state index is 11.0. The molecule has 1 amide bonds. The Bertz CT molecular complexity index is 746. The number of amides is 1. The SMILES string of the molecule is COc1cc2c(cc1OC)CN(c1ccc(NC(C)=O)nn1)CC2. The molecule has 0 spiro atoms. The van der Waals surface area contributed by atoms with Crippen LogP contribution in [-0.2, 0) is 17.8 Å². The van der Waals surface area contributed by atoms with Gasteiger partial charge in [-0.25, -0.2) is 0 Å². The number of benzene rings is 1. The molecule has 1 N–H and O–H groups in total. The van der Waals surface area contributed by atoms with Crippen LogP contribution < -0.4 is 19.7 Å². The molecule has 0 aliphatic carbocycles. The van der Waals surface area contributed by atoms with E-state index in [9.17, 15) is 4.79 Å². The average molecular weight is 328 g/mol. The molecule has 0 radical (unpaired) electrons. The van der Waals surface area contributed by atoms with Crippen LogP contribution in [0.1, 0.15) is 18.1 Å². The summed E-state index contributed by atoms with van der Waals surface area (Å²) in [5, 5.41) is 10.9. The molecule has 1 aromatic carbocycles. The van der Waals surface area contributed by atoms with Crippen molar-refractivity contribution in [1.29, 1.82) is 0 Å². The van der Waals surface area contributed by atoms with Gasteiger partial charge in [0.1, 0.15) is 0 Å². The van der Waals surface area contributed by atoms with Crippen molar-refractivity contribution in [2.45, 2.75) is 19.9 Å². The Kier molecular flexibility index (Phi) is 4.50. The Labute approximate surface area is 140 Å². The lowest BCUT2D eigenvalue weighted by Gasteiger charge is -2.30. The van der Waals surface area contributed by atoms with Gasteiger partial charge >= 0.3 is 0 Å². The Hall–Kier alpha value is -2.83. The van der Waals surface area contributed by atoms with Crippen molar-refractivity contribution in [3.05, 3.63) is 35.4 Å². The van der Waals surface area contributed by atoms with Gasteiger partial charge in [0.15, 0.2) is 23.1 Å². The van der Waals surface area contributed by atoms with Crippen molar-refractivity contribution in [3.63, 3.8) is 0 Å². The molecule has 1 aliphatic heterocycles. The number of nitrogens with zero attached hydrogens (tertiary/aromatic N) is 3. The highest BCUT2D eigenvalue weighted by Gasteiger charge is 2.20. The molecule has 2 aromatic rings. The maximum absolute atomic E-state index is 11.0. The summed E-state index contributed by atoms with van der Waals surface area (Å²) in [6, 6.07) is 7.67. The lowest BCUT2D eigenvalue weighted by atomic mass is 9.99. The molecule has 7 nitrogen and oxygen atoms in total. The van der Waals surface area contributed by atoms with Gasteiger partial charge in [0, 0.05) is 20.0 Å². The molecule has 0 saturated carbocycles. The van der Waals surface area contributed by atoms with Gasteiger partial charge in [-0.1, -0.05) is 0 Å². The molecule has 24 heavy (non-hydrogen) atoms. The third-order valence-corrected chi connectivity index (χ3v) is 4.00. The van der Waals surface area contributed by atoms with Crippen molar-refractivity contribution in [1.82, 2.24) is 10.2 Å². The number of carbonyl (C=O) groups excluding carboxylic acids is 1. The van der Waals surface area contributed by atoms with Gasteiger partial charge in [0.2, 0.25) is 5.91 Å². The van der Waals surface area contributed by atoms with Crippen LogP contribution in [0.5, 0.6) is 11.5 Å². The number of fused-ring (bicyclic) bond motifs is 1. The smallest absolute Gasteiger partial charge is 0.222 e. The summed E-state index contributed by atoms with van der Waals surface area (Å²) in [7, 11) is 3.28. The Balaban J connectivity index is 1.80. The van der Waals surface area contributed by atoms with E-state index in [4.69, 9.17) is 9.47 Å². The number of anilines is 2. The predicted molar refractivity (Wildman–Crippen MR) is 90.6 cm³/mol. The van der Waals surface area contributed by atoms with Gasteiger partial charge in [0.05, 0.1) is 14.2 Å². The molecule has 2 heterocycles. The molecule has 0 atom stereocenters. The lowest BCUT2D eigenvalue weighted by Crippen LogP contribution is -2.31. The molecule has 1 aromatic heterocycles. The standard InChI is InChI=1S/C17H20N4O3/c1-11(22)18-16-4-5-17(20-19-16)21-7-6-12-8-14(23-2)15(24-3)9-13(12)10-21/h4-5,8-9H,6-7,10H2,1-3H3,(H,18,19,22). The molecular weight excluding hydrogens is 308 g/mol. The monoisotopic (exact) mass is 328 g/mol. The first kappa shape index (κ1) is 16.0. The fourth-order valence-corrected chi connectivity index (χ4v) is 2.82. The zero-order valence-electron chi connectivity index (χ0n) is 14.0. The van der Waals surface area contributed by atoms with E-state index in [0.29, 0.717) is 5.82 Å². The highest BCUT2D eigenvalue weighted by Crippen LogP contribution is 2.34. The molecule has 0 saturated heterocycles. The highest BCUT2D eigenvalue weighted by atomic mass is 16.5. The molecule has 7 heteroatoms. The first-order valence-corrected chi connectivity index (χ1v) is 7.70. The number of nitrogens with one attached hydrogen (secondary N) is 1. The van der Waals surface area contributed by atoms with Crippen molar-refractivity contribution in [2.75, 3.05) is 31.0 Å². The van der Waals surface area contributed by atoms with Crippen LogP contribution >= 0.6 is 0 Å². The fourth-order valence-electron chi connectivity index (χ4n) is 2.82. The van der Waals surface area contributed by atoms with E-state index in [-0.39, 0.29) is 5.91 Å². The van der Waals surface area contributed by atoms with Crippen LogP contribution in [0.25, 0.3) is 0 Å². The number of carbonyl (C=O) groups is 1. The summed E-state index contributed by atoms with van der Waals surface area (Å²) >= 11 is 0. The van der Waals surface area contributed by atoms with Crippen LogP contribution in [0.15, 0.2) is 24.3 Å². The summed E-state index contributed by atoms with van der Waals surface area (Å²) in [5.74, 6) is 2.55. The third-order valence-electron chi connectivity index (χ3n) is 4.00. The molecule has 126 valence electrons. The minimum absolute atomic E-state index is 0.162. The molecule has 0 fully saturated rings. The van der Waals surface area contributed by atoms with Crippen LogP contribution in [0.2, 0.25) is 0 Å². The number of rotatable bonds is 4. The number of hydrogen-bond acceptors (Lipinski definition) is 6. The minimum Gasteiger partial charge on any atom is -0.493 e. The first-order valence-electron chi connectivity index (χ1n) is 7.70. The maximum Gasteiger partial charge on any atom is 0.222 e. The molecule has 0 unspecified atom stereocenters. The Morgan fingerprint density at radius 2 is 1.83 bits per heavy atom. The summed E-state index contributed by atoms with van der Waals surface area (Å²) in [5.41, 5.74) is 2.44. The van der Waals surface area contributed by atoms with Gasteiger partial charge in [-0.3, -0.25) is 4.79 Å². The van der Waals surface area contributed by atoms with Crippen LogP contribution in [0, 0.1) is 0 Å². The zero-order valence-corrected chi connectivity index (χ0v) is 14.0. The van der Waals surface area contributed by atoms with Crippen molar-refractivity contribution < 1.29 is 14.3 Å². The average Bonchev–Trinajstić information content (AvgIpc) is 2.60. The van der Waals surface area contributed by atoms with E-state index in [1.54, 1.807) is 20.3 Å². The van der Waals surface area contributed by atoms with Gasteiger partial charge in [-0.15, -0.1) is 10.2 Å². The molecule has 0 bridgehead atoms. The normalized spacial score (nSPS) is 13.2. The molecule has 1 aliphatic rings. The van der Waals surface area contributed by atoms with E-state index in [1.807, 2.05) is 18.2 Å². The quantitative estimate of drug-likeness (QED) is 0.925. The van der Waals surface area contributed by atoms with E-state index < -0.39 is 0 Å². The first-order chi connectivity index (χ1) is 11.6. The van der Waals surface area contributed by atoms with Crippen molar-refractivity contribution in [3.8, 4) is 11.5 Å². The lowest BCUT2D eigenvalue weighted by molar-refractivity contribution is -0.114. The third kappa shape index (κ3) is 3.24. The zero-order chi connectivity index (χ0) is 17.1. The van der Waals surface area contributed by atoms with Gasteiger partial charge in [-0.2, -0.15) is 0 Å². The number of methoxy groups -OCH3 is 2. The second kappa shape index (κ2) is 6.74. The second-order valence-corrected chi connectivity index (χ2v) is 5.61. The summed E-state index contributed by atoms with van der Waals surface area (Å²) < 4.78 is 10.7. The van der Waals surface area contributed by atoms with Crippen molar-refractivity contribution >= 4 is 17.5 Å². The summed E-state index contributed by atoms with van der Waals surface area (Å²) in [6.07, 6.45) is 0.894. The summed E-state index contributed by atoms with van der Waals surface area (Å²) in [6.45, 7) is 3.01. The molecular formula is C17H20N4O3. The van der Waals surface area contributed by atoms with E-state index in [0.717, 1.165) is 36.8 Å². The van der Waals surface area contributed by atoms with E-state index in [1.165, 1.54) is 18.1 Å². The van der Waals surface area contributed by atoms with E-state index >= 15 is 0 Å². The molecule has 3 rings (SSSR count). The van der Waals surface area contributed by atoms with Gasteiger partial charge < -0.3 is 19.7 Å². The minimum atomic E-state index is -0.162. The van der Waals surface area contributed by atoms with Crippen LogP contribution in [-0.4, -0.2) is 36.9 Å². The Morgan fingerprint density at radius 3 is 2.42 bits per heavy atom. The Morgan fingerprint density at radius 1 is 1.12 bits per heavy atom. The predicted octanol–water partition coefficient (Wildman–Crippen LogP) is 2.01. The van der Waals surface area contributed by atoms with Gasteiger partial charge in [0.25, 0.3) is 0 Å².